The Bertz CT molecular complexity index is 501. The zero-order chi connectivity index (χ0) is 14.4. The molecule has 0 aliphatic heterocycles. The Morgan fingerprint density at radius 2 is 2.05 bits per heavy atom. The summed E-state index contributed by atoms with van der Waals surface area (Å²) in [5, 5.41) is 2.30. The summed E-state index contributed by atoms with van der Waals surface area (Å²) in [4.78, 5) is 34.6. The summed E-state index contributed by atoms with van der Waals surface area (Å²) >= 11 is 3.26. The molecule has 0 saturated heterocycles. The number of ketones is 1. The topological polar surface area (TPSA) is 72.5 Å². The van der Waals surface area contributed by atoms with Gasteiger partial charge in [0.25, 0.3) is 0 Å². The maximum atomic E-state index is 12.0. The van der Waals surface area contributed by atoms with Crippen molar-refractivity contribution in [3.63, 3.8) is 0 Å². The molecule has 1 unspecified atom stereocenters. The molecule has 1 N–H and O–H groups in total. The number of carbonyl (C=O) groups is 3. The lowest BCUT2D eigenvalue weighted by atomic mass is 10.1. The zero-order valence-corrected chi connectivity index (χ0v) is 12.2. The maximum Gasteiger partial charge on any atom is 0.396 e. The molecule has 6 heteroatoms. The van der Waals surface area contributed by atoms with Crippen LogP contribution in [0.25, 0.3) is 0 Å². The van der Waals surface area contributed by atoms with Gasteiger partial charge in [0.15, 0.2) is 5.78 Å². The van der Waals surface area contributed by atoms with Gasteiger partial charge in [-0.25, -0.2) is 4.79 Å². The molecule has 1 atom stereocenters. The van der Waals surface area contributed by atoms with Gasteiger partial charge in [0, 0.05) is 10.0 Å². The van der Waals surface area contributed by atoms with Gasteiger partial charge in [-0.05, 0) is 26.0 Å². The summed E-state index contributed by atoms with van der Waals surface area (Å²) in [6, 6.07) is 6.00. The monoisotopic (exact) mass is 327 g/mol. The molecule has 0 aliphatic rings. The highest BCUT2D eigenvalue weighted by atomic mass is 79.9. The van der Waals surface area contributed by atoms with Crippen LogP contribution in [-0.2, 0) is 14.3 Å². The van der Waals surface area contributed by atoms with Crippen molar-refractivity contribution in [2.45, 2.75) is 19.9 Å². The Labute approximate surface area is 119 Å². The normalized spacial score (nSPS) is 11.5. The van der Waals surface area contributed by atoms with E-state index in [2.05, 4.69) is 26.0 Å². The quantitative estimate of drug-likeness (QED) is 0.519. The lowest BCUT2D eigenvalue weighted by molar-refractivity contribution is -0.154. The van der Waals surface area contributed by atoms with Gasteiger partial charge in [-0.2, -0.15) is 0 Å². The van der Waals surface area contributed by atoms with E-state index in [1.807, 2.05) is 0 Å². The predicted molar refractivity (Wildman–Crippen MR) is 72.7 cm³/mol. The first-order valence-electron chi connectivity index (χ1n) is 5.73. The van der Waals surface area contributed by atoms with Crippen molar-refractivity contribution >= 4 is 33.6 Å². The Balaban J connectivity index is 2.68. The van der Waals surface area contributed by atoms with Crippen LogP contribution in [0.4, 0.5) is 0 Å². The van der Waals surface area contributed by atoms with E-state index in [-0.39, 0.29) is 12.4 Å². The van der Waals surface area contributed by atoms with Gasteiger partial charge in [0.05, 0.1) is 12.6 Å². The van der Waals surface area contributed by atoms with E-state index in [9.17, 15) is 14.4 Å². The highest BCUT2D eigenvalue weighted by Gasteiger charge is 2.22. The minimum atomic E-state index is -0.989. The molecule has 102 valence electrons. The van der Waals surface area contributed by atoms with Gasteiger partial charge in [0.1, 0.15) is 0 Å². The second-order valence-corrected chi connectivity index (χ2v) is 4.71. The Kier molecular flexibility index (Phi) is 5.69. The van der Waals surface area contributed by atoms with Crippen LogP contribution in [0.2, 0.25) is 0 Å². The van der Waals surface area contributed by atoms with Gasteiger partial charge >= 0.3 is 11.9 Å². The van der Waals surface area contributed by atoms with Crippen LogP contribution in [-0.4, -0.2) is 30.3 Å². The molecular formula is C13H14BrNO4. The third-order valence-corrected chi connectivity index (χ3v) is 2.80. The van der Waals surface area contributed by atoms with E-state index in [1.54, 1.807) is 31.2 Å². The predicted octanol–water partition coefficient (Wildman–Crippen LogP) is 1.70. The van der Waals surface area contributed by atoms with Crippen molar-refractivity contribution in [3.05, 3.63) is 34.3 Å². The zero-order valence-electron chi connectivity index (χ0n) is 10.6. The first kappa shape index (κ1) is 15.4. The van der Waals surface area contributed by atoms with Gasteiger partial charge < -0.3 is 10.1 Å². The number of amides is 1. The number of carbonyl (C=O) groups excluding carboxylic acids is 3. The first-order valence-corrected chi connectivity index (χ1v) is 6.52. The number of hydrogen-bond acceptors (Lipinski definition) is 4. The lowest BCUT2D eigenvalue weighted by Crippen LogP contribution is -2.42. The molecule has 1 rings (SSSR count). The van der Waals surface area contributed by atoms with Crippen molar-refractivity contribution in [1.82, 2.24) is 5.32 Å². The summed E-state index contributed by atoms with van der Waals surface area (Å²) in [5.41, 5.74) is 0.450. The van der Waals surface area contributed by atoms with Gasteiger partial charge in [0.2, 0.25) is 0 Å². The van der Waals surface area contributed by atoms with Crippen molar-refractivity contribution in [1.29, 1.82) is 0 Å². The number of halogens is 1. The van der Waals surface area contributed by atoms with Crippen LogP contribution in [0.3, 0.4) is 0 Å². The minimum Gasteiger partial charge on any atom is -0.459 e. The first-order chi connectivity index (χ1) is 8.95. The summed E-state index contributed by atoms with van der Waals surface area (Å²) in [7, 11) is 0. The molecule has 0 radical (unpaired) electrons. The second kappa shape index (κ2) is 7.04. The van der Waals surface area contributed by atoms with E-state index < -0.39 is 17.9 Å². The average molecular weight is 328 g/mol. The van der Waals surface area contributed by atoms with Crippen molar-refractivity contribution in [2.75, 3.05) is 6.61 Å². The molecule has 0 heterocycles. The fourth-order valence-electron chi connectivity index (χ4n) is 1.41. The van der Waals surface area contributed by atoms with Crippen LogP contribution in [0.15, 0.2) is 28.7 Å². The maximum absolute atomic E-state index is 12.0. The fourth-order valence-corrected chi connectivity index (χ4v) is 1.81. The van der Waals surface area contributed by atoms with Gasteiger partial charge in [-0.1, -0.05) is 28.1 Å². The molecule has 0 fully saturated rings. The van der Waals surface area contributed by atoms with E-state index in [1.165, 1.54) is 6.92 Å². The van der Waals surface area contributed by atoms with Crippen LogP contribution in [0, 0.1) is 0 Å². The number of esters is 1. The molecular weight excluding hydrogens is 314 g/mol. The molecule has 5 nitrogen and oxygen atoms in total. The molecule has 0 spiro atoms. The Morgan fingerprint density at radius 1 is 1.37 bits per heavy atom. The third-order valence-electron chi connectivity index (χ3n) is 2.31. The van der Waals surface area contributed by atoms with E-state index >= 15 is 0 Å². The molecule has 1 amide bonds. The van der Waals surface area contributed by atoms with Crippen molar-refractivity contribution in [2.24, 2.45) is 0 Å². The van der Waals surface area contributed by atoms with Crippen molar-refractivity contribution in [3.8, 4) is 0 Å². The second-order valence-electron chi connectivity index (χ2n) is 3.79. The van der Waals surface area contributed by atoms with Gasteiger partial charge in [-0.3, -0.25) is 9.59 Å². The molecule has 19 heavy (non-hydrogen) atoms. The summed E-state index contributed by atoms with van der Waals surface area (Å²) in [6.45, 7) is 3.22. The van der Waals surface area contributed by atoms with Crippen LogP contribution in [0.5, 0.6) is 0 Å². The fraction of sp³-hybridized carbons (Fsp3) is 0.308. The standard InChI is InChI=1S/C13H14BrNO4/c1-3-19-13(18)12(17)15-8(2)11(16)9-5-4-6-10(14)7-9/h4-8H,3H2,1-2H3,(H,15,17). The van der Waals surface area contributed by atoms with E-state index in [4.69, 9.17) is 0 Å². The Morgan fingerprint density at radius 3 is 2.63 bits per heavy atom. The van der Waals surface area contributed by atoms with Crippen molar-refractivity contribution < 1.29 is 19.1 Å². The van der Waals surface area contributed by atoms with Crippen LogP contribution in [0.1, 0.15) is 24.2 Å². The number of nitrogens with one attached hydrogen (secondary N) is 1. The number of ether oxygens (including phenoxy) is 1. The molecule has 1 aromatic rings. The lowest BCUT2D eigenvalue weighted by Gasteiger charge is -2.12. The highest BCUT2D eigenvalue weighted by molar-refractivity contribution is 9.10. The largest absolute Gasteiger partial charge is 0.459 e. The molecule has 0 bridgehead atoms. The van der Waals surface area contributed by atoms with Crippen LogP contribution >= 0.6 is 15.9 Å². The SMILES string of the molecule is CCOC(=O)C(=O)NC(C)C(=O)c1cccc(Br)c1. The summed E-state index contributed by atoms with van der Waals surface area (Å²) in [5.74, 6) is -2.19. The molecule has 1 aromatic carbocycles. The van der Waals surface area contributed by atoms with Gasteiger partial charge in [-0.15, -0.1) is 0 Å². The van der Waals surface area contributed by atoms with E-state index in [0.29, 0.717) is 5.56 Å². The molecule has 0 saturated carbocycles. The summed E-state index contributed by atoms with van der Waals surface area (Å²) < 4.78 is 5.31. The smallest absolute Gasteiger partial charge is 0.396 e. The molecule has 0 aliphatic carbocycles. The average Bonchev–Trinajstić information content (AvgIpc) is 2.37. The third kappa shape index (κ3) is 4.48. The highest BCUT2D eigenvalue weighted by Crippen LogP contribution is 2.13. The van der Waals surface area contributed by atoms with Crippen LogP contribution < -0.4 is 5.32 Å². The Hall–Kier alpha value is -1.69. The number of hydrogen-bond donors (Lipinski definition) is 1. The minimum absolute atomic E-state index is 0.111. The number of Topliss-reactive ketones (excluding diaryl/α,β-unsaturated/α-hetero) is 1. The van der Waals surface area contributed by atoms with E-state index in [0.717, 1.165) is 4.47 Å². The number of rotatable bonds is 4. The molecule has 0 aromatic heterocycles. The number of benzene rings is 1. The summed E-state index contributed by atoms with van der Waals surface area (Å²) in [6.07, 6.45) is 0.